The quantitative estimate of drug-likeness (QED) is 0.610. The Labute approximate surface area is 182 Å². The van der Waals surface area contributed by atoms with E-state index in [9.17, 15) is 17.6 Å². The van der Waals surface area contributed by atoms with Crippen molar-refractivity contribution in [2.45, 2.75) is 11.4 Å². The third kappa shape index (κ3) is 3.82. The summed E-state index contributed by atoms with van der Waals surface area (Å²) in [5.74, 6) is -0.343. The van der Waals surface area contributed by atoms with Crippen LogP contribution in [0.25, 0.3) is 10.2 Å². The first-order chi connectivity index (χ1) is 14.9. The Morgan fingerprint density at radius 2 is 1.87 bits per heavy atom. The number of fused-ring (bicyclic) bond motifs is 1. The van der Waals surface area contributed by atoms with E-state index in [0.717, 1.165) is 21.4 Å². The summed E-state index contributed by atoms with van der Waals surface area (Å²) in [6.45, 7) is 1.59. The minimum Gasteiger partial charge on any atom is -0.334 e. The SMILES string of the molecule is O=C(NCc1cccc(F)c1)N1CC2=C(C1)CN(S(=O)(=O)c1ccc3ncsc3c1)C2. The first-order valence-corrected chi connectivity index (χ1v) is 12.0. The number of halogens is 1. The second kappa shape index (κ2) is 7.70. The van der Waals surface area contributed by atoms with Crippen LogP contribution in [0.5, 0.6) is 0 Å². The van der Waals surface area contributed by atoms with E-state index in [0.29, 0.717) is 18.7 Å². The van der Waals surface area contributed by atoms with E-state index in [1.165, 1.54) is 27.8 Å². The van der Waals surface area contributed by atoms with Gasteiger partial charge in [-0.15, -0.1) is 11.3 Å². The average Bonchev–Trinajstić information content (AvgIpc) is 3.46. The minimum absolute atomic E-state index is 0.234. The fraction of sp³-hybridized carbons (Fsp3) is 0.238. The first-order valence-electron chi connectivity index (χ1n) is 9.70. The van der Waals surface area contributed by atoms with E-state index in [2.05, 4.69) is 10.3 Å². The number of nitrogens with one attached hydrogen (secondary N) is 1. The number of urea groups is 1. The van der Waals surface area contributed by atoms with Crippen molar-refractivity contribution in [1.29, 1.82) is 0 Å². The number of hydrogen-bond acceptors (Lipinski definition) is 5. The van der Waals surface area contributed by atoms with Crippen LogP contribution in [0.2, 0.25) is 0 Å². The monoisotopic (exact) mass is 458 g/mol. The smallest absolute Gasteiger partial charge is 0.318 e. The lowest BCUT2D eigenvalue weighted by molar-refractivity contribution is 0.208. The molecule has 0 spiro atoms. The van der Waals surface area contributed by atoms with E-state index >= 15 is 0 Å². The molecule has 2 aliphatic rings. The predicted octanol–water partition coefficient (Wildman–Crippen LogP) is 2.96. The molecular formula is C21H19FN4O3S2. The van der Waals surface area contributed by atoms with Crippen molar-refractivity contribution in [2.75, 3.05) is 26.2 Å². The highest BCUT2D eigenvalue weighted by atomic mass is 32.2. The van der Waals surface area contributed by atoms with Crippen molar-refractivity contribution in [3.8, 4) is 0 Å². The number of carbonyl (C=O) groups is 1. The topological polar surface area (TPSA) is 82.6 Å². The van der Waals surface area contributed by atoms with Gasteiger partial charge in [-0.05, 0) is 47.0 Å². The van der Waals surface area contributed by atoms with Gasteiger partial charge in [0.15, 0.2) is 0 Å². The molecular weight excluding hydrogens is 439 g/mol. The Morgan fingerprint density at radius 1 is 1.10 bits per heavy atom. The number of aromatic nitrogens is 1. The molecule has 0 atom stereocenters. The van der Waals surface area contributed by atoms with E-state index in [-0.39, 0.29) is 36.4 Å². The number of hydrogen-bond donors (Lipinski definition) is 1. The van der Waals surface area contributed by atoms with Gasteiger partial charge in [0.05, 0.1) is 20.6 Å². The number of nitrogens with zero attached hydrogens (tertiary/aromatic N) is 3. The Balaban J connectivity index is 1.21. The van der Waals surface area contributed by atoms with Crippen LogP contribution in [0.4, 0.5) is 9.18 Å². The Kier molecular flexibility index (Phi) is 4.99. The molecule has 0 unspecified atom stereocenters. The summed E-state index contributed by atoms with van der Waals surface area (Å²) < 4.78 is 41.8. The fourth-order valence-corrected chi connectivity index (χ4v) is 6.19. The summed E-state index contributed by atoms with van der Waals surface area (Å²) in [6.07, 6.45) is 0. The highest BCUT2D eigenvalue weighted by Crippen LogP contribution is 2.31. The van der Waals surface area contributed by atoms with Crippen LogP contribution >= 0.6 is 11.3 Å². The zero-order chi connectivity index (χ0) is 21.6. The van der Waals surface area contributed by atoms with Crippen molar-refractivity contribution in [3.63, 3.8) is 0 Å². The molecule has 1 N–H and O–H groups in total. The highest BCUT2D eigenvalue weighted by Gasteiger charge is 2.37. The molecule has 0 fully saturated rings. The number of carbonyl (C=O) groups excluding carboxylic acids is 1. The molecule has 2 aromatic carbocycles. The highest BCUT2D eigenvalue weighted by molar-refractivity contribution is 7.89. The zero-order valence-electron chi connectivity index (χ0n) is 16.4. The summed E-state index contributed by atoms with van der Waals surface area (Å²) in [6, 6.07) is 10.8. The van der Waals surface area contributed by atoms with Gasteiger partial charge in [-0.2, -0.15) is 4.31 Å². The summed E-state index contributed by atoms with van der Waals surface area (Å²) in [5, 5.41) is 2.80. The molecule has 0 bridgehead atoms. The standard InChI is InChI=1S/C21H19FN4O3S2/c22-17-3-1-2-14(6-17)8-23-21(27)25-9-15-11-26(12-16(15)10-25)31(28,29)18-4-5-19-20(7-18)30-13-24-19/h1-7,13H,8-12H2,(H,23,27). The number of amides is 2. The van der Waals surface area contributed by atoms with Crippen LogP contribution in [-0.2, 0) is 16.6 Å². The van der Waals surface area contributed by atoms with Gasteiger partial charge in [-0.25, -0.2) is 22.6 Å². The van der Waals surface area contributed by atoms with Crippen molar-refractivity contribution < 1.29 is 17.6 Å². The summed E-state index contributed by atoms with van der Waals surface area (Å²) in [5.41, 5.74) is 5.09. The van der Waals surface area contributed by atoms with Gasteiger partial charge < -0.3 is 10.2 Å². The van der Waals surface area contributed by atoms with Crippen LogP contribution in [0, 0.1) is 5.82 Å². The maximum Gasteiger partial charge on any atom is 0.318 e. The van der Waals surface area contributed by atoms with Crippen LogP contribution in [0.15, 0.2) is 64.0 Å². The van der Waals surface area contributed by atoms with Crippen LogP contribution in [0.3, 0.4) is 0 Å². The maximum atomic E-state index is 13.3. The van der Waals surface area contributed by atoms with Crippen molar-refractivity contribution in [1.82, 2.24) is 19.5 Å². The summed E-state index contributed by atoms with van der Waals surface area (Å²) in [4.78, 5) is 18.6. The van der Waals surface area contributed by atoms with Gasteiger partial charge in [-0.3, -0.25) is 0 Å². The van der Waals surface area contributed by atoms with E-state index < -0.39 is 10.0 Å². The van der Waals surface area contributed by atoms with Gasteiger partial charge in [0.1, 0.15) is 5.82 Å². The Bertz CT molecular complexity index is 1300. The molecule has 7 nitrogen and oxygen atoms in total. The molecule has 2 amide bonds. The largest absolute Gasteiger partial charge is 0.334 e. The predicted molar refractivity (Wildman–Crippen MR) is 116 cm³/mol. The number of sulfonamides is 1. The molecule has 0 saturated heterocycles. The molecule has 1 aromatic heterocycles. The molecule has 0 aliphatic carbocycles. The second-order valence-corrected chi connectivity index (χ2v) is 10.4. The van der Waals surface area contributed by atoms with Crippen LogP contribution < -0.4 is 5.32 Å². The van der Waals surface area contributed by atoms with Crippen molar-refractivity contribution in [3.05, 3.63) is 70.5 Å². The van der Waals surface area contributed by atoms with Crippen molar-refractivity contribution in [2.24, 2.45) is 0 Å². The summed E-state index contributed by atoms with van der Waals surface area (Å²) in [7, 11) is -3.62. The third-order valence-electron chi connectivity index (χ3n) is 5.56. The lowest BCUT2D eigenvalue weighted by atomic mass is 10.2. The van der Waals surface area contributed by atoms with E-state index in [4.69, 9.17) is 0 Å². The molecule has 2 aliphatic heterocycles. The maximum absolute atomic E-state index is 13.3. The number of rotatable bonds is 4. The number of benzene rings is 2. The molecule has 3 aromatic rings. The fourth-order valence-electron chi connectivity index (χ4n) is 3.94. The molecule has 160 valence electrons. The lowest BCUT2D eigenvalue weighted by Crippen LogP contribution is -2.41. The van der Waals surface area contributed by atoms with Gasteiger partial charge in [0, 0.05) is 32.7 Å². The Morgan fingerprint density at radius 3 is 2.61 bits per heavy atom. The van der Waals surface area contributed by atoms with E-state index in [1.807, 2.05) is 0 Å². The summed E-state index contributed by atoms with van der Waals surface area (Å²) >= 11 is 1.41. The van der Waals surface area contributed by atoms with Crippen molar-refractivity contribution >= 4 is 37.6 Å². The van der Waals surface area contributed by atoms with Crippen LogP contribution in [0.1, 0.15) is 5.56 Å². The normalized spacial score (nSPS) is 16.9. The molecule has 5 rings (SSSR count). The zero-order valence-corrected chi connectivity index (χ0v) is 18.0. The Hall–Kier alpha value is -2.82. The van der Waals surface area contributed by atoms with Gasteiger partial charge >= 0.3 is 6.03 Å². The lowest BCUT2D eigenvalue weighted by Gasteiger charge is -2.23. The van der Waals surface area contributed by atoms with E-state index in [1.54, 1.807) is 40.7 Å². The average molecular weight is 459 g/mol. The minimum atomic E-state index is -3.62. The molecule has 10 heteroatoms. The molecule has 0 saturated carbocycles. The molecule has 3 heterocycles. The molecule has 0 radical (unpaired) electrons. The second-order valence-electron chi connectivity index (χ2n) is 7.61. The van der Waals surface area contributed by atoms with Gasteiger partial charge in [0.25, 0.3) is 0 Å². The first kappa shape index (κ1) is 20.1. The third-order valence-corrected chi connectivity index (χ3v) is 8.14. The molecule has 31 heavy (non-hydrogen) atoms. The van der Waals surface area contributed by atoms with Gasteiger partial charge in [0.2, 0.25) is 10.0 Å². The number of thiazole rings is 1. The van der Waals surface area contributed by atoms with Crippen LogP contribution in [-0.4, -0.2) is 54.8 Å². The van der Waals surface area contributed by atoms with Gasteiger partial charge in [-0.1, -0.05) is 12.1 Å².